The summed E-state index contributed by atoms with van der Waals surface area (Å²) in [6, 6.07) is 7.74. The normalized spacial score (nSPS) is 10.3. The summed E-state index contributed by atoms with van der Waals surface area (Å²) in [6.07, 6.45) is 0. The number of aromatic carboxylic acids is 1. The molecule has 20 heavy (non-hydrogen) atoms. The van der Waals surface area contributed by atoms with Crippen LogP contribution in [0.1, 0.15) is 15.9 Å². The van der Waals surface area contributed by atoms with E-state index >= 15 is 0 Å². The largest absolute Gasteiger partial charge is 0.478 e. The molecule has 2 rings (SSSR count). The maximum absolute atomic E-state index is 13.6. The minimum atomic E-state index is -1.54. The van der Waals surface area contributed by atoms with Crippen LogP contribution in [0.15, 0.2) is 36.4 Å². The molecule has 0 aromatic heterocycles. The van der Waals surface area contributed by atoms with Gasteiger partial charge in [-0.1, -0.05) is 12.1 Å². The van der Waals surface area contributed by atoms with Gasteiger partial charge in [0.15, 0.2) is 11.6 Å². The Morgan fingerprint density at radius 2 is 1.85 bits per heavy atom. The van der Waals surface area contributed by atoms with E-state index in [1.165, 1.54) is 18.2 Å². The lowest BCUT2D eigenvalue weighted by atomic mass is 10.1. The first kappa shape index (κ1) is 13.9. The third-order valence-corrected chi connectivity index (χ3v) is 2.68. The van der Waals surface area contributed by atoms with E-state index < -0.39 is 29.0 Å². The van der Waals surface area contributed by atoms with Gasteiger partial charge in [0.2, 0.25) is 0 Å². The van der Waals surface area contributed by atoms with Gasteiger partial charge in [-0.05, 0) is 29.8 Å². The lowest BCUT2D eigenvalue weighted by Gasteiger charge is -2.09. The lowest BCUT2D eigenvalue weighted by molar-refractivity contribution is 0.0690. The third-order valence-electron chi connectivity index (χ3n) is 2.68. The Balaban J connectivity index is 2.18. The summed E-state index contributed by atoms with van der Waals surface area (Å²) in [5.74, 6) is -4.68. The van der Waals surface area contributed by atoms with Crippen molar-refractivity contribution in [1.82, 2.24) is 0 Å². The van der Waals surface area contributed by atoms with Gasteiger partial charge >= 0.3 is 5.97 Å². The van der Waals surface area contributed by atoms with Gasteiger partial charge in [0.25, 0.3) is 0 Å². The molecule has 6 heteroatoms. The van der Waals surface area contributed by atoms with Gasteiger partial charge in [0.1, 0.15) is 5.82 Å². The molecule has 0 spiro atoms. The Morgan fingerprint density at radius 1 is 1.10 bits per heavy atom. The summed E-state index contributed by atoms with van der Waals surface area (Å²) >= 11 is 0. The van der Waals surface area contributed by atoms with Crippen molar-refractivity contribution in [2.75, 3.05) is 5.32 Å². The molecule has 0 unspecified atom stereocenters. The smallest absolute Gasteiger partial charge is 0.338 e. The highest BCUT2D eigenvalue weighted by atomic mass is 19.2. The number of hydrogen-bond acceptors (Lipinski definition) is 2. The van der Waals surface area contributed by atoms with E-state index in [1.54, 1.807) is 6.07 Å². The highest BCUT2D eigenvalue weighted by Gasteiger charge is 2.17. The molecule has 0 saturated heterocycles. The SMILES string of the molecule is O=C(O)c1ccc(NCc2cccc(F)c2)c(F)c1F. The first-order valence-electron chi connectivity index (χ1n) is 5.68. The summed E-state index contributed by atoms with van der Waals surface area (Å²) in [5, 5.41) is 11.2. The van der Waals surface area contributed by atoms with Crippen LogP contribution in [0.2, 0.25) is 0 Å². The average molecular weight is 281 g/mol. The van der Waals surface area contributed by atoms with Crippen LogP contribution >= 0.6 is 0 Å². The van der Waals surface area contributed by atoms with Gasteiger partial charge in [-0.2, -0.15) is 0 Å². The quantitative estimate of drug-likeness (QED) is 0.902. The van der Waals surface area contributed by atoms with Crippen LogP contribution in [0.25, 0.3) is 0 Å². The van der Waals surface area contributed by atoms with E-state index in [9.17, 15) is 18.0 Å². The van der Waals surface area contributed by atoms with Gasteiger partial charge < -0.3 is 10.4 Å². The monoisotopic (exact) mass is 281 g/mol. The van der Waals surface area contributed by atoms with E-state index in [1.807, 2.05) is 0 Å². The molecule has 0 saturated carbocycles. The van der Waals surface area contributed by atoms with E-state index in [-0.39, 0.29) is 12.2 Å². The number of nitrogens with one attached hydrogen (secondary N) is 1. The van der Waals surface area contributed by atoms with Gasteiger partial charge in [0.05, 0.1) is 11.3 Å². The summed E-state index contributed by atoms with van der Waals surface area (Å²) in [6.45, 7) is 0.0839. The molecule has 3 nitrogen and oxygen atoms in total. The van der Waals surface area contributed by atoms with Crippen LogP contribution in [0.4, 0.5) is 18.9 Å². The van der Waals surface area contributed by atoms with Crippen molar-refractivity contribution in [3.63, 3.8) is 0 Å². The second kappa shape index (κ2) is 5.64. The van der Waals surface area contributed by atoms with Crippen LogP contribution in [-0.4, -0.2) is 11.1 Å². The summed E-state index contributed by atoms with van der Waals surface area (Å²) in [7, 11) is 0. The highest BCUT2D eigenvalue weighted by Crippen LogP contribution is 2.21. The number of carboxylic acids is 1. The maximum Gasteiger partial charge on any atom is 0.338 e. The molecule has 0 fully saturated rings. The molecular weight excluding hydrogens is 271 g/mol. The van der Waals surface area contributed by atoms with Crippen molar-refractivity contribution in [1.29, 1.82) is 0 Å². The van der Waals surface area contributed by atoms with Crippen molar-refractivity contribution in [3.05, 3.63) is 65.0 Å². The second-order valence-corrected chi connectivity index (χ2v) is 4.08. The highest BCUT2D eigenvalue weighted by molar-refractivity contribution is 5.88. The molecule has 0 heterocycles. The zero-order chi connectivity index (χ0) is 14.7. The molecule has 0 bridgehead atoms. The number of hydrogen-bond donors (Lipinski definition) is 2. The van der Waals surface area contributed by atoms with Crippen molar-refractivity contribution in [2.45, 2.75) is 6.54 Å². The Morgan fingerprint density at radius 3 is 2.50 bits per heavy atom. The Labute approximate surface area is 112 Å². The molecule has 104 valence electrons. The Hall–Kier alpha value is -2.50. The third kappa shape index (κ3) is 2.90. The van der Waals surface area contributed by atoms with Gasteiger partial charge in [0, 0.05) is 6.54 Å². The van der Waals surface area contributed by atoms with Crippen LogP contribution in [0.5, 0.6) is 0 Å². The van der Waals surface area contributed by atoms with Crippen LogP contribution in [0.3, 0.4) is 0 Å². The zero-order valence-corrected chi connectivity index (χ0v) is 10.2. The first-order valence-corrected chi connectivity index (χ1v) is 5.68. The molecule has 0 aliphatic carbocycles. The summed E-state index contributed by atoms with van der Waals surface area (Å²) in [4.78, 5) is 10.6. The summed E-state index contributed by atoms with van der Waals surface area (Å²) < 4.78 is 40.0. The zero-order valence-electron chi connectivity index (χ0n) is 10.2. The number of halogens is 3. The maximum atomic E-state index is 13.6. The molecule has 0 aliphatic heterocycles. The minimum Gasteiger partial charge on any atom is -0.478 e. The molecule has 2 N–H and O–H groups in total. The fourth-order valence-corrected chi connectivity index (χ4v) is 1.70. The van der Waals surface area contributed by atoms with Crippen LogP contribution in [0, 0.1) is 17.5 Å². The molecule has 0 atom stereocenters. The lowest BCUT2D eigenvalue weighted by Crippen LogP contribution is -2.07. The van der Waals surface area contributed by atoms with E-state index in [0.29, 0.717) is 5.56 Å². The predicted octanol–water partition coefficient (Wildman–Crippen LogP) is 3.41. The molecule has 0 radical (unpaired) electrons. The number of rotatable bonds is 4. The standard InChI is InChI=1S/C14H10F3NO2/c15-9-3-1-2-8(6-9)7-18-11-5-4-10(14(19)20)12(16)13(11)17/h1-6,18H,7H2,(H,19,20). The van der Waals surface area contributed by atoms with Crippen LogP contribution < -0.4 is 5.32 Å². The number of benzene rings is 2. The molecule has 2 aromatic carbocycles. The van der Waals surface area contributed by atoms with Crippen LogP contribution in [-0.2, 0) is 6.54 Å². The van der Waals surface area contributed by atoms with Crippen molar-refractivity contribution < 1.29 is 23.1 Å². The van der Waals surface area contributed by atoms with Crippen molar-refractivity contribution >= 4 is 11.7 Å². The van der Waals surface area contributed by atoms with Gasteiger partial charge in [-0.25, -0.2) is 18.0 Å². The average Bonchev–Trinajstić information content (AvgIpc) is 2.40. The second-order valence-electron chi connectivity index (χ2n) is 4.08. The first-order chi connectivity index (χ1) is 9.49. The Bertz CT molecular complexity index is 659. The van der Waals surface area contributed by atoms with Gasteiger partial charge in [-0.15, -0.1) is 0 Å². The number of anilines is 1. The molecule has 0 aliphatic rings. The topological polar surface area (TPSA) is 49.3 Å². The van der Waals surface area contributed by atoms with Crippen molar-refractivity contribution in [3.8, 4) is 0 Å². The summed E-state index contributed by atoms with van der Waals surface area (Å²) in [5.41, 5.74) is -0.373. The predicted molar refractivity (Wildman–Crippen MR) is 67.0 cm³/mol. The fourth-order valence-electron chi connectivity index (χ4n) is 1.70. The van der Waals surface area contributed by atoms with E-state index in [0.717, 1.165) is 12.1 Å². The minimum absolute atomic E-state index is 0.0839. The molecule has 2 aromatic rings. The fraction of sp³-hybridized carbons (Fsp3) is 0.0714. The van der Waals surface area contributed by atoms with Crippen molar-refractivity contribution in [2.24, 2.45) is 0 Å². The van der Waals surface area contributed by atoms with E-state index in [4.69, 9.17) is 5.11 Å². The number of carboxylic acid groups (broad SMARTS) is 1. The Kier molecular flexibility index (Phi) is 3.93. The molecule has 0 amide bonds. The van der Waals surface area contributed by atoms with Gasteiger partial charge in [-0.3, -0.25) is 0 Å². The number of carbonyl (C=O) groups is 1. The molecular formula is C14H10F3NO2. The van der Waals surface area contributed by atoms with E-state index in [2.05, 4.69) is 5.32 Å².